The highest BCUT2D eigenvalue weighted by Crippen LogP contribution is 2.34. The highest BCUT2D eigenvalue weighted by atomic mass is 19.1. The number of aryl methyl sites for hydroxylation is 1. The second-order valence-corrected chi connectivity index (χ2v) is 4.37. The number of nitrogen functional groups attached to an aromatic ring is 1. The first-order chi connectivity index (χ1) is 8.63. The predicted octanol–water partition coefficient (Wildman–Crippen LogP) is 2.20. The first kappa shape index (κ1) is 11.0. The van der Waals surface area contributed by atoms with Gasteiger partial charge in [-0.1, -0.05) is 6.07 Å². The predicted molar refractivity (Wildman–Crippen MR) is 68.3 cm³/mol. The lowest BCUT2D eigenvalue weighted by molar-refractivity contribution is 0.628. The van der Waals surface area contributed by atoms with Crippen LogP contribution in [0.4, 0.5) is 21.7 Å². The molecule has 2 aromatic rings. The Morgan fingerprint density at radius 3 is 2.89 bits per heavy atom. The maximum absolute atomic E-state index is 13.3. The van der Waals surface area contributed by atoms with Crippen LogP contribution in [-0.2, 0) is 6.42 Å². The fourth-order valence-corrected chi connectivity index (χ4v) is 2.30. The van der Waals surface area contributed by atoms with E-state index in [1.807, 2.05) is 11.0 Å². The number of hydrogen-bond donors (Lipinski definition) is 1. The highest BCUT2D eigenvalue weighted by molar-refractivity contribution is 5.68. The normalized spacial score (nSPS) is 13.8. The zero-order valence-corrected chi connectivity index (χ0v) is 10.0. The maximum atomic E-state index is 13.3. The lowest BCUT2D eigenvalue weighted by Gasteiger charge is -2.18. The maximum Gasteiger partial charge on any atom is 0.138 e. The van der Waals surface area contributed by atoms with Gasteiger partial charge in [-0.3, -0.25) is 0 Å². The molecule has 18 heavy (non-hydrogen) atoms. The third kappa shape index (κ3) is 1.77. The van der Waals surface area contributed by atoms with Gasteiger partial charge < -0.3 is 10.6 Å². The largest absolute Gasteiger partial charge is 0.384 e. The number of hydrogen-bond acceptors (Lipinski definition) is 4. The molecular formula is C13H13FN4. The third-order valence-electron chi connectivity index (χ3n) is 3.06. The van der Waals surface area contributed by atoms with Crippen LogP contribution >= 0.6 is 0 Å². The number of benzene rings is 1. The molecular weight excluding hydrogens is 231 g/mol. The molecule has 0 aliphatic carbocycles. The Bertz CT molecular complexity index is 592. The SMILES string of the molecule is Cc1nc(N)cc(N2CCc3ccc(F)cc32)n1. The molecule has 92 valence electrons. The molecule has 0 saturated carbocycles. The summed E-state index contributed by atoms with van der Waals surface area (Å²) in [6.45, 7) is 2.58. The third-order valence-corrected chi connectivity index (χ3v) is 3.06. The Morgan fingerprint density at radius 1 is 1.28 bits per heavy atom. The van der Waals surface area contributed by atoms with Gasteiger partial charge in [-0.15, -0.1) is 0 Å². The van der Waals surface area contributed by atoms with E-state index in [1.165, 1.54) is 12.1 Å². The Kier molecular flexibility index (Phi) is 2.40. The topological polar surface area (TPSA) is 55.0 Å². The molecule has 1 aromatic heterocycles. The van der Waals surface area contributed by atoms with Gasteiger partial charge in [0.25, 0.3) is 0 Å². The summed E-state index contributed by atoms with van der Waals surface area (Å²) in [6.07, 6.45) is 0.887. The van der Waals surface area contributed by atoms with Crippen molar-refractivity contribution in [3.05, 3.63) is 41.5 Å². The number of halogens is 1. The first-order valence-corrected chi connectivity index (χ1v) is 5.80. The number of nitrogens with two attached hydrogens (primary N) is 1. The van der Waals surface area contributed by atoms with Gasteiger partial charge >= 0.3 is 0 Å². The molecule has 1 aliphatic rings. The van der Waals surface area contributed by atoms with Gasteiger partial charge in [0.15, 0.2) is 0 Å². The number of anilines is 3. The van der Waals surface area contributed by atoms with Crippen LogP contribution < -0.4 is 10.6 Å². The first-order valence-electron chi connectivity index (χ1n) is 5.80. The Morgan fingerprint density at radius 2 is 2.11 bits per heavy atom. The lowest BCUT2D eigenvalue weighted by Crippen LogP contribution is -2.16. The Hall–Kier alpha value is -2.17. The van der Waals surface area contributed by atoms with Crippen LogP contribution in [0.15, 0.2) is 24.3 Å². The molecule has 0 saturated heterocycles. The molecule has 0 amide bonds. The van der Waals surface area contributed by atoms with Crippen molar-refractivity contribution < 1.29 is 4.39 Å². The minimum Gasteiger partial charge on any atom is -0.384 e. The van der Waals surface area contributed by atoms with Crippen molar-refractivity contribution in [3.8, 4) is 0 Å². The second kappa shape index (κ2) is 3.94. The molecule has 5 heteroatoms. The van der Waals surface area contributed by atoms with Crippen molar-refractivity contribution in [1.29, 1.82) is 0 Å². The Balaban J connectivity index is 2.08. The number of nitrogens with zero attached hydrogens (tertiary/aromatic N) is 3. The zero-order valence-electron chi connectivity index (χ0n) is 10.0. The van der Waals surface area contributed by atoms with Gasteiger partial charge in [0.1, 0.15) is 23.3 Å². The smallest absolute Gasteiger partial charge is 0.138 e. The van der Waals surface area contributed by atoms with Crippen molar-refractivity contribution in [2.75, 3.05) is 17.2 Å². The monoisotopic (exact) mass is 244 g/mol. The lowest BCUT2D eigenvalue weighted by atomic mass is 10.2. The molecule has 3 rings (SSSR count). The number of fused-ring (bicyclic) bond motifs is 1. The van der Waals surface area contributed by atoms with Crippen molar-refractivity contribution in [2.45, 2.75) is 13.3 Å². The summed E-state index contributed by atoms with van der Waals surface area (Å²) in [5.74, 6) is 1.54. The van der Waals surface area contributed by atoms with E-state index in [9.17, 15) is 4.39 Å². The van der Waals surface area contributed by atoms with Gasteiger partial charge in [-0.2, -0.15) is 0 Å². The molecule has 0 spiro atoms. The average Bonchev–Trinajstić information content (AvgIpc) is 2.70. The minimum absolute atomic E-state index is 0.237. The van der Waals surface area contributed by atoms with Gasteiger partial charge in [0.2, 0.25) is 0 Å². The molecule has 1 aromatic carbocycles. The van der Waals surface area contributed by atoms with Crippen LogP contribution in [0.5, 0.6) is 0 Å². The van der Waals surface area contributed by atoms with E-state index in [-0.39, 0.29) is 5.82 Å². The van der Waals surface area contributed by atoms with E-state index in [1.54, 1.807) is 13.0 Å². The summed E-state index contributed by atoms with van der Waals surface area (Å²) in [5.41, 5.74) is 7.72. The standard InChI is InChI=1S/C13H13FN4/c1-8-16-12(15)7-13(17-8)18-5-4-9-2-3-10(14)6-11(9)18/h2-3,6-7H,4-5H2,1H3,(H2,15,16,17). The van der Waals surface area contributed by atoms with Gasteiger partial charge in [-0.05, 0) is 31.0 Å². The van der Waals surface area contributed by atoms with Crippen LogP contribution in [0.2, 0.25) is 0 Å². The average molecular weight is 244 g/mol. The molecule has 2 N–H and O–H groups in total. The van der Waals surface area contributed by atoms with E-state index in [2.05, 4.69) is 9.97 Å². The zero-order chi connectivity index (χ0) is 12.7. The van der Waals surface area contributed by atoms with Crippen LogP contribution in [0, 0.1) is 12.7 Å². The molecule has 0 radical (unpaired) electrons. The molecule has 0 atom stereocenters. The summed E-state index contributed by atoms with van der Waals surface area (Å²) in [5, 5.41) is 0. The quantitative estimate of drug-likeness (QED) is 0.835. The molecule has 1 aliphatic heterocycles. The van der Waals surface area contributed by atoms with Crippen molar-refractivity contribution in [1.82, 2.24) is 9.97 Å². The molecule has 4 nitrogen and oxygen atoms in total. The van der Waals surface area contributed by atoms with E-state index < -0.39 is 0 Å². The molecule has 0 fully saturated rings. The second-order valence-electron chi connectivity index (χ2n) is 4.37. The Labute approximate surface area is 104 Å². The van der Waals surface area contributed by atoms with Gasteiger partial charge in [0, 0.05) is 18.3 Å². The summed E-state index contributed by atoms with van der Waals surface area (Å²) in [6, 6.07) is 6.56. The van der Waals surface area contributed by atoms with Crippen LogP contribution in [0.3, 0.4) is 0 Å². The summed E-state index contributed by atoms with van der Waals surface area (Å²) in [7, 11) is 0. The van der Waals surface area contributed by atoms with E-state index >= 15 is 0 Å². The highest BCUT2D eigenvalue weighted by Gasteiger charge is 2.22. The summed E-state index contributed by atoms with van der Waals surface area (Å²) >= 11 is 0. The van der Waals surface area contributed by atoms with E-state index in [0.717, 1.165) is 30.0 Å². The fraction of sp³-hybridized carbons (Fsp3) is 0.231. The molecule has 0 unspecified atom stereocenters. The summed E-state index contributed by atoms with van der Waals surface area (Å²) in [4.78, 5) is 10.4. The van der Waals surface area contributed by atoms with E-state index in [0.29, 0.717) is 11.6 Å². The van der Waals surface area contributed by atoms with E-state index in [4.69, 9.17) is 5.73 Å². The van der Waals surface area contributed by atoms with Crippen LogP contribution in [0.1, 0.15) is 11.4 Å². The summed E-state index contributed by atoms with van der Waals surface area (Å²) < 4.78 is 13.3. The van der Waals surface area contributed by atoms with Gasteiger partial charge in [0.05, 0.1) is 0 Å². The fourth-order valence-electron chi connectivity index (χ4n) is 2.30. The van der Waals surface area contributed by atoms with Crippen molar-refractivity contribution in [2.24, 2.45) is 0 Å². The molecule has 0 bridgehead atoms. The molecule has 2 heterocycles. The number of rotatable bonds is 1. The van der Waals surface area contributed by atoms with Gasteiger partial charge in [-0.25, -0.2) is 14.4 Å². The van der Waals surface area contributed by atoms with Crippen LogP contribution in [0.25, 0.3) is 0 Å². The number of aromatic nitrogens is 2. The van der Waals surface area contributed by atoms with Crippen LogP contribution in [-0.4, -0.2) is 16.5 Å². The van der Waals surface area contributed by atoms with Crippen molar-refractivity contribution >= 4 is 17.3 Å². The van der Waals surface area contributed by atoms with Crippen molar-refractivity contribution in [3.63, 3.8) is 0 Å². The minimum atomic E-state index is -0.237.